The molecule has 0 bridgehead atoms. The highest BCUT2D eigenvalue weighted by Gasteiger charge is 2.19. The number of ether oxygens (including phenoxy) is 3. The molecule has 1 atom stereocenters. The molecule has 0 amide bonds. The first kappa shape index (κ1) is 58.4. The lowest BCUT2D eigenvalue weighted by molar-refractivity contribution is -0.167. The number of carbonyl (C=O) groups is 3. The molecule has 0 aromatic heterocycles. The van der Waals surface area contributed by atoms with Gasteiger partial charge in [-0.2, -0.15) is 0 Å². The van der Waals surface area contributed by atoms with Gasteiger partial charge in [0.15, 0.2) is 6.10 Å². The van der Waals surface area contributed by atoms with Crippen molar-refractivity contribution in [3.8, 4) is 0 Å². The number of unbranched alkanes of at least 4 members (excludes halogenated alkanes) is 28. The van der Waals surface area contributed by atoms with E-state index >= 15 is 0 Å². The molecule has 61 heavy (non-hydrogen) atoms. The van der Waals surface area contributed by atoms with Gasteiger partial charge in [-0.1, -0.05) is 211 Å². The van der Waals surface area contributed by atoms with E-state index < -0.39 is 6.10 Å². The summed E-state index contributed by atoms with van der Waals surface area (Å²) in [5, 5.41) is 0. The van der Waals surface area contributed by atoms with Crippen molar-refractivity contribution in [1.82, 2.24) is 0 Å². The van der Waals surface area contributed by atoms with Crippen LogP contribution in [0, 0.1) is 0 Å². The van der Waals surface area contributed by atoms with E-state index in [4.69, 9.17) is 14.2 Å². The van der Waals surface area contributed by atoms with Gasteiger partial charge < -0.3 is 14.2 Å². The van der Waals surface area contributed by atoms with Gasteiger partial charge in [0, 0.05) is 19.3 Å². The van der Waals surface area contributed by atoms with Crippen LogP contribution in [0.25, 0.3) is 0 Å². The largest absolute Gasteiger partial charge is 0.462 e. The highest BCUT2D eigenvalue weighted by Crippen LogP contribution is 2.15. The zero-order chi connectivity index (χ0) is 44.4. The van der Waals surface area contributed by atoms with E-state index in [9.17, 15) is 14.4 Å². The molecule has 6 heteroatoms. The van der Waals surface area contributed by atoms with Crippen molar-refractivity contribution in [2.24, 2.45) is 0 Å². The predicted molar refractivity (Wildman–Crippen MR) is 261 cm³/mol. The van der Waals surface area contributed by atoms with Gasteiger partial charge in [0.05, 0.1) is 0 Å². The third-order valence-electron chi connectivity index (χ3n) is 11.3. The van der Waals surface area contributed by atoms with Crippen molar-refractivity contribution in [3.05, 3.63) is 48.6 Å². The van der Waals surface area contributed by atoms with Gasteiger partial charge in [0.2, 0.25) is 0 Å². The molecule has 0 heterocycles. The summed E-state index contributed by atoms with van der Waals surface area (Å²) in [4.78, 5) is 38.0. The number of carbonyl (C=O) groups excluding carboxylic acids is 3. The van der Waals surface area contributed by atoms with Gasteiger partial charge >= 0.3 is 17.9 Å². The summed E-state index contributed by atoms with van der Waals surface area (Å²) in [6.07, 6.45) is 59.5. The average molecular weight is 855 g/mol. The molecule has 0 aromatic rings. The molecule has 0 saturated heterocycles. The Morgan fingerprint density at radius 3 is 1.00 bits per heavy atom. The Labute approximate surface area is 378 Å². The Bertz CT molecular complexity index is 1070. The summed E-state index contributed by atoms with van der Waals surface area (Å²) in [7, 11) is 0. The van der Waals surface area contributed by atoms with E-state index in [-0.39, 0.29) is 31.1 Å². The summed E-state index contributed by atoms with van der Waals surface area (Å²) in [6, 6.07) is 0. The van der Waals surface area contributed by atoms with E-state index in [0.29, 0.717) is 19.3 Å². The molecule has 354 valence electrons. The first-order valence-electron chi connectivity index (χ1n) is 26.1. The summed E-state index contributed by atoms with van der Waals surface area (Å²) < 4.78 is 16.8. The summed E-state index contributed by atoms with van der Waals surface area (Å²) in [6.45, 7) is 6.57. The van der Waals surface area contributed by atoms with Crippen LogP contribution in [0.4, 0.5) is 0 Å². The van der Waals surface area contributed by atoms with Crippen LogP contribution in [0.2, 0.25) is 0 Å². The molecule has 0 spiro atoms. The maximum absolute atomic E-state index is 12.8. The lowest BCUT2D eigenvalue weighted by Gasteiger charge is -2.18. The quantitative estimate of drug-likeness (QED) is 0.0263. The minimum absolute atomic E-state index is 0.0861. The van der Waals surface area contributed by atoms with E-state index in [1.807, 2.05) is 0 Å². The van der Waals surface area contributed by atoms with Crippen molar-refractivity contribution in [2.45, 2.75) is 271 Å². The molecule has 6 nitrogen and oxygen atoms in total. The Kier molecular flexibility index (Phi) is 47.9. The Morgan fingerprint density at radius 1 is 0.328 bits per heavy atom. The summed E-state index contributed by atoms with van der Waals surface area (Å²) in [5.41, 5.74) is 0. The monoisotopic (exact) mass is 855 g/mol. The van der Waals surface area contributed by atoms with Crippen LogP contribution in [0.5, 0.6) is 0 Å². The second kappa shape index (κ2) is 50.0. The smallest absolute Gasteiger partial charge is 0.306 e. The van der Waals surface area contributed by atoms with Gasteiger partial charge in [-0.05, 0) is 83.5 Å². The normalized spacial score (nSPS) is 12.4. The Balaban J connectivity index is 4.43. The second-order valence-corrected chi connectivity index (χ2v) is 17.4. The maximum atomic E-state index is 12.8. The molecule has 0 unspecified atom stereocenters. The van der Waals surface area contributed by atoms with Crippen molar-refractivity contribution in [2.75, 3.05) is 13.2 Å². The van der Waals surface area contributed by atoms with E-state index in [0.717, 1.165) is 83.5 Å². The number of esters is 3. The van der Waals surface area contributed by atoms with Gasteiger partial charge in [-0.25, -0.2) is 0 Å². The highest BCUT2D eigenvalue weighted by atomic mass is 16.6. The van der Waals surface area contributed by atoms with Crippen molar-refractivity contribution in [1.29, 1.82) is 0 Å². The molecule has 0 aliphatic heterocycles. The Morgan fingerprint density at radius 2 is 0.590 bits per heavy atom. The molecule has 0 N–H and O–H groups in total. The summed E-state index contributed by atoms with van der Waals surface area (Å²) >= 11 is 0. The van der Waals surface area contributed by atoms with Crippen molar-refractivity contribution >= 4 is 17.9 Å². The van der Waals surface area contributed by atoms with Gasteiger partial charge in [0.1, 0.15) is 13.2 Å². The van der Waals surface area contributed by atoms with Crippen LogP contribution < -0.4 is 0 Å². The average Bonchev–Trinajstić information content (AvgIpc) is 3.26. The molecule has 0 aliphatic carbocycles. The number of allylic oxidation sites excluding steroid dienone is 8. The van der Waals surface area contributed by atoms with Gasteiger partial charge in [0.25, 0.3) is 0 Å². The van der Waals surface area contributed by atoms with Crippen LogP contribution in [-0.4, -0.2) is 37.2 Å². The first-order valence-corrected chi connectivity index (χ1v) is 26.1. The van der Waals surface area contributed by atoms with Crippen molar-refractivity contribution < 1.29 is 28.6 Å². The molecule has 0 aliphatic rings. The fourth-order valence-corrected chi connectivity index (χ4v) is 7.33. The number of rotatable bonds is 47. The zero-order valence-electron chi connectivity index (χ0n) is 40.4. The van der Waals surface area contributed by atoms with E-state index in [1.165, 1.54) is 141 Å². The first-order chi connectivity index (χ1) is 30.0. The van der Waals surface area contributed by atoms with Crippen LogP contribution >= 0.6 is 0 Å². The molecule has 0 rings (SSSR count). The topological polar surface area (TPSA) is 78.9 Å². The van der Waals surface area contributed by atoms with Crippen LogP contribution in [-0.2, 0) is 28.6 Å². The summed E-state index contributed by atoms with van der Waals surface area (Å²) in [5.74, 6) is -0.927. The molecule has 0 radical (unpaired) electrons. The minimum Gasteiger partial charge on any atom is -0.462 e. The van der Waals surface area contributed by atoms with E-state index in [2.05, 4.69) is 69.4 Å². The molecular weight excluding hydrogens is 757 g/mol. The van der Waals surface area contributed by atoms with Gasteiger partial charge in [-0.3, -0.25) is 14.4 Å². The van der Waals surface area contributed by atoms with E-state index in [1.54, 1.807) is 0 Å². The molecule has 0 saturated carbocycles. The maximum Gasteiger partial charge on any atom is 0.306 e. The minimum atomic E-state index is -0.789. The Hall–Kier alpha value is -2.63. The van der Waals surface area contributed by atoms with Crippen LogP contribution in [0.15, 0.2) is 48.6 Å². The standard InChI is InChI=1S/C55H98O6/c1-4-7-10-13-16-19-22-25-28-31-33-36-39-42-45-48-54(57)60-51-52(61-55(58)49-46-43-40-37-34-30-27-24-21-18-15-12-9-6-3)50-59-53(56)47-44-41-38-35-32-29-26-23-20-17-14-11-8-5-2/h16,19,24-25,27-28,33,36,52H,4-15,17-18,20-23,26,29-32,34-35,37-51H2,1-3H3/b19-16-,27-24-,28-25-,36-33-/t52-/m1/s1. The fourth-order valence-electron chi connectivity index (χ4n) is 7.33. The number of hydrogen-bond donors (Lipinski definition) is 0. The molecule has 0 fully saturated rings. The SMILES string of the molecule is CCCCC/C=C\C/C=C\C/C=C\CCCCC(=O)OC[C@@H](COC(=O)CCCCCCCCCCCCCCCC)OC(=O)CCCCCCC/C=C\CCCCCCC. The highest BCUT2D eigenvalue weighted by molar-refractivity contribution is 5.71. The van der Waals surface area contributed by atoms with Crippen molar-refractivity contribution in [3.63, 3.8) is 0 Å². The third-order valence-corrected chi connectivity index (χ3v) is 11.3. The number of hydrogen-bond acceptors (Lipinski definition) is 6. The second-order valence-electron chi connectivity index (χ2n) is 17.4. The fraction of sp³-hybridized carbons (Fsp3) is 0.800. The van der Waals surface area contributed by atoms with Crippen LogP contribution in [0.3, 0.4) is 0 Å². The molecular formula is C55H98O6. The third kappa shape index (κ3) is 48.3. The lowest BCUT2D eigenvalue weighted by atomic mass is 10.0. The predicted octanol–water partition coefficient (Wildman–Crippen LogP) is 17.1. The van der Waals surface area contributed by atoms with Crippen LogP contribution in [0.1, 0.15) is 265 Å². The zero-order valence-corrected chi connectivity index (χ0v) is 40.4. The molecule has 0 aromatic carbocycles. The lowest BCUT2D eigenvalue weighted by Crippen LogP contribution is -2.30. The van der Waals surface area contributed by atoms with Gasteiger partial charge in [-0.15, -0.1) is 0 Å².